The van der Waals surface area contributed by atoms with Gasteiger partial charge in [-0.15, -0.1) is 0 Å². The van der Waals surface area contributed by atoms with E-state index < -0.39 is 5.97 Å². The summed E-state index contributed by atoms with van der Waals surface area (Å²) < 4.78 is 5.71. The third kappa shape index (κ3) is 3.84. The number of rotatable bonds is 5. The van der Waals surface area contributed by atoms with Gasteiger partial charge in [-0.2, -0.15) is 0 Å². The molecule has 0 spiro atoms. The molecule has 3 nitrogen and oxygen atoms in total. The van der Waals surface area contributed by atoms with Crippen LogP contribution in [0.5, 0.6) is 0 Å². The first-order valence-corrected chi connectivity index (χ1v) is 6.60. The molecule has 2 rings (SSSR count). The molecule has 0 unspecified atom stereocenters. The minimum absolute atomic E-state index is 0.129. The van der Waals surface area contributed by atoms with E-state index in [1.54, 1.807) is 0 Å². The van der Waals surface area contributed by atoms with E-state index in [0.29, 0.717) is 12.5 Å². The van der Waals surface area contributed by atoms with E-state index in [4.69, 9.17) is 9.84 Å². The predicted molar refractivity (Wildman–Crippen MR) is 69.2 cm³/mol. The van der Waals surface area contributed by atoms with E-state index in [9.17, 15) is 4.79 Å². The van der Waals surface area contributed by atoms with E-state index in [1.807, 2.05) is 18.2 Å². The predicted octanol–water partition coefficient (Wildman–Crippen LogP) is 3.09. The summed E-state index contributed by atoms with van der Waals surface area (Å²) >= 11 is 0. The van der Waals surface area contributed by atoms with E-state index >= 15 is 0 Å². The molecule has 1 fully saturated rings. The van der Waals surface area contributed by atoms with Gasteiger partial charge >= 0.3 is 5.97 Å². The molecule has 1 aliphatic carbocycles. The highest BCUT2D eigenvalue weighted by Crippen LogP contribution is 2.29. The molecule has 18 heavy (non-hydrogen) atoms. The summed E-state index contributed by atoms with van der Waals surface area (Å²) in [7, 11) is 0. The fourth-order valence-electron chi connectivity index (χ4n) is 2.49. The molecule has 0 amide bonds. The van der Waals surface area contributed by atoms with Gasteiger partial charge < -0.3 is 9.84 Å². The highest BCUT2D eigenvalue weighted by molar-refractivity contribution is 5.69. The molecular formula is C15H20O3. The van der Waals surface area contributed by atoms with Gasteiger partial charge in [0.15, 0.2) is 0 Å². The average molecular weight is 248 g/mol. The summed E-state index contributed by atoms with van der Waals surface area (Å²) in [6.07, 6.45) is 3.56. The largest absolute Gasteiger partial charge is 0.481 e. The van der Waals surface area contributed by atoms with Gasteiger partial charge in [-0.3, -0.25) is 4.79 Å². The zero-order valence-electron chi connectivity index (χ0n) is 10.5. The molecule has 1 N–H and O–H groups in total. The molecule has 1 saturated carbocycles. The maximum atomic E-state index is 10.8. The Hall–Kier alpha value is -1.35. The summed E-state index contributed by atoms with van der Waals surface area (Å²) in [5.41, 5.74) is 1.19. The summed E-state index contributed by atoms with van der Waals surface area (Å²) in [6.45, 7) is 1.40. The molecule has 3 heteroatoms. The number of hydrogen-bond donors (Lipinski definition) is 1. The number of carboxylic acids is 1. The Morgan fingerprint density at radius 1 is 1.17 bits per heavy atom. The third-order valence-corrected chi connectivity index (χ3v) is 3.66. The van der Waals surface area contributed by atoms with Gasteiger partial charge in [0.1, 0.15) is 0 Å². The second kappa shape index (κ2) is 6.55. The molecule has 1 aromatic rings. The van der Waals surface area contributed by atoms with Crippen LogP contribution in [0.3, 0.4) is 0 Å². The van der Waals surface area contributed by atoms with Crippen molar-refractivity contribution in [2.45, 2.75) is 32.3 Å². The van der Waals surface area contributed by atoms with Crippen LogP contribution in [0.2, 0.25) is 0 Å². The van der Waals surface area contributed by atoms with E-state index in [0.717, 1.165) is 32.3 Å². The average Bonchev–Trinajstić information content (AvgIpc) is 2.40. The maximum absolute atomic E-state index is 10.8. The smallest absolute Gasteiger partial charge is 0.306 e. The Bertz CT molecular complexity index is 367. The Morgan fingerprint density at radius 2 is 1.83 bits per heavy atom. The van der Waals surface area contributed by atoms with Crippen molar-refractivity contribution < 1.29 is 14.6 Å². The lowest BCUT2D eigenvalue weighted by molar-refractivity contribution is -0.143. The number of hydrogen-bond acceptors (Lipinski definition) is 2. The number of ether oxygens (including phenoxy) is 1. The van der Waals surface area contributed by atoms with E-state index in [2.05, 4.69) is 12.1 Å². The number of aliphatic carboxylic acids is 1. The van der Waals surface area contributed by atoms with Gasteiger partial charge in [-0.1, -0.05) is 30.3 Å². The second-order valence-corrected chi connectivity index (χ2v) is 5.06. The lowest BCUT2D eigenvalue weighted by Crippen LogP contribution is -2.23. The summed E-state index contributed by atoms with van der Waals surface area (Å²) in [6, 6.07) is 10.1. The van der Waals surface area contributed by atoms with Gasteiger partial charge in [-0.25, -0.2) is 0 Å². The summed E-state index contributed by atoms with van der Waals surface area (Å²) in [4.78, 5) is 10.8. The molecule has 1 aliphatic rings. The SMILES string of the molecule is O=C(O)C1CCC(COCc2ccccc2)CC1. The van der Waals surface area contributed by atoms with Crippen molar-refractivity contribution in [1.29, 1.82) is 0 Å². The molecule has 0 aromatic heterocycles. The zero-order chi connectivity index (χ0) is 12.8. The Balaban J connectivity index is 1.65. The highest BCUT2D eigenvalue weighted by atomic mass is 16.5. The molecule has 0 radical (unpaired) electrons. The Labute approximate surface area is 108 Å². The normalized spacial score (nSPS) is 23.8. The molecule has 0 saturated heterocycles. The monoisotopic (exact) mass is 248 g/mol. The van der Waals surface area contributed by atoms with Crippen LogP contribution in [0, 0.1) is 11.8 Å². The first-order valence-electron chi connectivity index (χ1n) is 6.60. The molecular weight excluding hydrogens is 228 g/mol. The van der Waals surface area contributed by atoms with Crippen molar-refractivity contribution >= 4 is 5.97 Å². The van der Waals surface area contributed by atoms with Crippen molar-refractivity contribution in [1.82, 2.24) is 0 Å². The first-order chi connectivity index (χ1) is 8.75. The molecule has 0 bridgehead atoms. The number of carboxylic acid groups (broad SMARTS) is 1. The molecule has 1 aromatic carbocycles. The van der Waals surface area contributed by atoms with Crippen LogP contribution in [-0.4, -0.2) is 17.7 Å². The van der Waals surface area contributed by atoms with Crippen molar-refractivity contribution in [3.05, 3.63) is 35.9 Å². The van der Waals surface area contributed by atoms with Crippen molar-refractivity contribution in [3.63, 3.8) is 0 Å². The van der Waals surface area contributed by atoms with Gasteiger partial charge in [0.05, 0.1) is 12.5 Å². The van der Waals surface area contributed by atoms with Crippen LogP contribution in [0.1, 0.15) is 31.2 Å². The quantitative estimate of drug-likeness (QED) is 0.871. The summed E-state index contributed by atoms with van der Waals surface area (Å²) in [5, 5.41) is 8.92. The molecule has 0 atom stereocenters. The van der Waals surface area contributed by atoms with Crippen LogP contribution in [0.15, 0.2) is 30.3 Å². The van der Waals surface area contributed by atoms with E-state index in [-0.39, 0.29) is 5.92 Å². The minimum Gasteiger partial charge on any atom is -0.481 e. The topological polar surface area (TPSA) is 46.5 Å². The van der Waals surface area contributed by atoms with Crippen LogP contribution >= 0.6 is 0 Å². The standard InChI is InChI=1S/C15H20O3/c16-15(17)14-8-6-13(7-9-14)11-18-10-12-4-2-1-3-5-12/h1-5,13-14H,6-11H2,(H,16,17). The van der Waals surface area contributed by atoms with Crippen LogP contribution in [0.25, 0.3) is 0 Å². The zero-order valence-corrected chi connectivity index (χ0v) is 10.5. The van der Waals surface area contributed by atoms with Crippen LogP contribution < -0.4 is 0 Å². The Kier molecular flexibility index (Phi) is 4.76. The molecule has 0 heterocycles. The Morgan fingerprint density at radius 3 is 2.44 bits per heavy atom. The van der Waals surface area contributed by atoms with Gasteiger partial charge in [0.25, 0.3) is 0 Å². The minimum atomic E-state index is -0.640. The number of carbonyl (C=O) groups is 1. The van der Waals surface area contributed by atoms with Crippen LogP contribution in [0.4, 0.5) is 0 Å². The maximum Gasteiger partial charge on any atom is 0.306 e. The lowest BCUT2D eigenvalue weighted by Gasteiger charge is -2.25. The highest BCUT2D eigenvalue weighted by Gasteiger charge is 2.25. The first kappa shape index (κ1) is 13.1. The molecule has 0 aliphatic heterocycles. The third-order valence-electron chi connectivity index (χ3n) is 3.66. The molecule has 98 valence electrons. The van der Waals surface area contributed by atoms with Gasteiger partial charge in [0, 0.05) is 6.61 Å². The van der Waals surface area contributed by atoms with Crippen molar-refractivity contribution in [2.75, 3.05) is 6.61 Å². The fourth-order valence-corrected chi connectivity index (χ4v) is 2.49. The summed E-state index contributed by atoms with van der Waals surface area (Å²) in [5.74, 6) is -0.238. The number of benzene rings is 1. The second-order valence-electron chi connectivity index (χ2n) is 5.06. The van der Waals surface area contributed by atoms with E-state index in [1.165, 1.54) is 5.56 Å². The lowest BCUT2D eigenvalue weighted by atomic mass is 9.82. The van der Waals surface area contributed by atoms with Crippen molar-refractivity contribution in [3.8, 4) is 0 Å². The van der Waals surface area contributed by atoms with Gasteiger partial charge in [0.2, 0.25) is 0 Å². The fraction of sp³-hybridized carbons (Fsp3) is 0.533. The van der Waals surface area contributed by atoms with Crippen molar-refractivity contribution in [2.24, 2.45) is 11.8 Å². The van der Waals surface area contributed by atoms with Gasteiger partial charge in [-0.05, 0) is 37.2 Å². The van der Waals surface area contributed by atoms with Crippen LogP contribution in [-0.2, 0) is 16.1 Å².